The third kappa shape index (κ3) is 1.97. The molecule has 0 saturated heterocycles. The molecule has 0 atom stereocenters. The molecule has 0 saturated carbocycles. The largest absolute Gasteiger partial charge is 0.428 e. The van der Waals surface area contributed by atoms with E-state index >= 15 is 0 Å². The fourth-order valence-electron chi connectivity index (χ4n) is 1.13. The molecular weight excluding hydrogens is 220 g/mol. The summed E-state index contributed by atoms with van der Waals surface area (Å²) in [5.74, 6) is 0.481. The zero-order chi connectivity index (χ0) is 10.8. The Morgan fingerprint density at radius 3 is 2.47 bits per heavy atom. The summed E-state index contributed by atoms with van der Waals surface area (Å²) in [6.07, 6.45) is 1.46. The number of non-ortho nitro benzene ring substituents is 1. The second-order valence-electron chi connectivity index (χ2n) is 2.78. The lowest BCUT2D eigenvalue weighted by Crippen LogP contribution is -1.86. The quantitative estimate of drug-likeness (QED) is 0.581. The van der Waals surface area contributed by atoms with Crippen LogP contribution in [0.2, 0.25) is 5.35 Å². The van der Waals surface area contributed by atoms with Crippen molar-refractivity contribution >= 4 is 17.3 Å². The normalized spacial score (nSPS) is 10.2. The van der Waals surface area contributed by atoms with Gasteiger partial charge in [0.05, 0.1) is 11.1 Å². The van der Waals surface area contributed by atoms with Crippen molar-refractivity contribution < 1.29 is 9.34 Å². The van der Waals surface area contributed by atoms with Crippen LogP contribution in [0.15, 0.2) is 34.9 Å². The molecule has 15 heavy (non-hydrogen) atoms. The predicted octanol–water partition coefficient (Wildman–Crippen LogP) is 2.90. The highest BCUT2D eigenvalue weighted by molar-refractivity contribution is 6.27. The van der Waals surface area contributed by atoms with Gasteiger partial charge in [0.2, 0.25) is 0 Å². The fourth-order valence-corrected chi connectivity index (χ4v) is 1.27. The Morgan fingerprint density at radius 1 is 1.33 bits per heavy atom. The molecule has 2 aromatic rings. The van der Waals surface area contributed by atoms with Crippen molar-refractivity contribution in [3.05, 3.63) is 45.9 Å². The maximum atomic E-state index is 10.4. The molecule has 0 aliphatic heterocycles. The number of halogens is 1. The van der Waals surface area contributed by atoms with E-state index in [1.54, 1.807) is 12.1 Å². The summed E-state index contributed by atoms with van der Waals surface area (Å²) < 4.78 is 5.05. The van der Waals surface area contributed by atoms with Gasteiger partial charge in [0.15, 0.2) is 5.76 Å². The van der Waals surface area contributed by atoms with Crippen LogP contribution >= 0.6 is 11.6 Å². The summed E-state index contributed by atoms with van der Waals surface area (Å²) in [7, 11) is 0. The SMILES string of the molecule is O=[N+]([O-])c1ccc(-c2cnc(Cl)o2)cc1. The van der Waals surface area contributed by atoms with E-state index in [0.29, 0.717) is 11.3 Å². The predicted molar refractivity (Wildman–Crippen MR) is 53.6 cm³/mol. The third-order valence-electron chi connectivity index (χ3n) is 1.84. The van der Waals surface area contributed by atoms with E-state index in [9.17, 15) is 10.1 Å². The number of nitro groups is 1. The van der Waals surface area contributed by atoms with Crippen molar-refractivity contribution in [3.63, 3.8) is 0 Å². The van der Waals surface area contributed by atoms with Crippen molar-refractivity contribution in [2.75, 3.05) is 0 Å². The summed E-state index contributed by atoms with van der Waals surface area (Å²) in [6, 6.07) is 5.95. The molecule has 0 bridgehead atoms. The molecule has 0 spiro atoms. The number of hydrogen-bond donors (Lipinski definition) is 0. The molecule has 0 aliphatic carbocycles. The van der Waals surface area contributed by atoms with E-state index in [1.165, 1.54) is 18.3 Å². The van der Waals surface area contributed by atoms with Crippen molar-refractivity contribution in [3.8, 4) is 11.3 Å². The minimum atomic E-state index is -0.461. The minimum Gasteiger partial charge on any atom is -0.428 e. The number of nitrogens with zero attached hydrogens (tertiary/aromatic N) is 2. The van der Waals surface area contributed by atoms with Gasteiger partial charge in [-0.15, -0.1) is 0 Å². The molecule has 1 heterocycles. The maximum Gasteiger partial charge on any atom is 0.292 e. The van der Waals surface area contributed by atoms with Crippen LogP contribution in [-0.4, -0.2) is 9.91 Å². The summed E-state index contributed by atoms with van der Waals surface area (Å²) >= 11 is 5.51. The van der Waals surface area contributed by atoms with Gasteiger partial charge in [-0.3, -0.25) is 10.1 Å². The highest BCUT2D eigenvalue weighted by Gasteiger charge is 2.08. The molecule has 0 radical (unpaired) electrons. The minimum absolute atomic E-state index is 0.0318. The first-order chi connectivity index (χ1) is 7.16. The van der Waals surface area contributed by atoms with Crippen LogP contribution in [0.3, 0.4) is 0 Å². The third-order valence-corrected chi connectivity index (χ3v) is 2.01. The lowest BCUT2D eigenvalue weighted by atomic mass is 10.2. The number of nitro benzene ring substituents is 1. The lowest BCUT2D eigenvalue weighted by molar-refractivity contribution is -0.384. The maximum absolute atomic E-state index is 10.4. The average Bonchev–Trinajstić information content (AvgIpc) is 2.65. The highest BCUT2D eigenvalue weighted by atomic mass is 35.5. The summed E-state index contributed by atoms with van der Waals surface area (Å²) in [5.41, 5.74) is 0.726. The van der Waals surface area contributed by atoms with Gasteiger partial charge >= 0.3 is 0 Å². The second kappa shape index (κ2) is 3.70. The molecule has 0 fully saturated rings. The number of oxazole rings is 1. The molecule has 0 aliphatic rings. The molecule has 76 valence electrons. The molecule has 0 unspecified atom stereocenters. The lowest BCUT2D eigenvalue weighted by Gasteiger charge is -1.94. The molecule has 5 nitrogen and oxygen atoms in total. The second-order valence-corrected chi connectivity index (χ2v) is 3.10. The summed E-state index contributed by atoms with van der Waals surface area (Å²) in [5, 5.41) is 10.4. The number of aromatic nitrogens is 1. The molecule has 1 aromatic carbocycles. The highest BCUT2D eigenvalue weighted by Crippen LogP contribution is 2.24. The zero-order valence-electron chi connectivity index (χ0n) is 7.38. The van der Waals surface area contributed by atoms with Gasteiger partial charge < -0.3 is 4.42 Å². The van der Waals surface area contributed by atoms with Crippen LogP contribution in [0.5, 0.6) is 0 Å². The smallest absolute Gasteiger partial charge is 0.292 e. The van der Waals surface area contributed by atoms with Gasteiger partial charge in [-0.05, 0) is 23.7 Å². The van der Waals surface area contributed by atoms with Gasteiger partial charge in [0.25, 0.3) is 11.0 Å². The van der Waals surface area contributed by atoms with E-state index in [0.717, 1.165) is 0 Å². The van der Waals surface area contributed by atoms with Crippen LogP contribution in [0.1, 0.15) is 0 Å². The van der Waals surface area contributed by atoms with Crippen molar-refractivity contribution in [2.24, 2.45) is 0 Å². The van der Waals surface area contributed by atoms with E-state index < -0.39 is 4.92 Å². The Kier molecular flexibility index (Phi) is 2.39. The first kappa shape index (κ1) is 9.67. The molecular formula is C9H5ClN2O3. The van der Waals surface area contributed by atoms with E-state index in [4.69, 9.17) is 16.0 Å². The molecule has 2 rings (SSSR count). The zero-order valence-corrected chi connectivity index (χ0v) is 8.14. The molecule has 1 aromatic heterocycles. The Hall–Kier alpha value is -1.88. The van der Waals surface area contributed by atoms with Crippen LogP contribution in [0.25, 0.3) is 11.3 Å². The van der Waals surface area contributed by atoms with Crippen LogP contribution in [0.4, 0.5) is 5.69 Å². The van der Waals surface area contributed by atoms with Gasteiger partial charge in [0, 0.05) is 17.7 Å². The van der Waals surface area contributed by atoms with Gasteiger partial charge in [-0.2, -0.15) is 0 Å². The van der Waals surface area contributed by atoms with Crippen LogP contribution < -0.4 is 0 Å². The van der Waals surface area contributed by atoms with Crippen LogP contribution in [0, 0.1) is 10.1 Å². The Balaban J connectivity index is 2.35. The Labute approximate surface area is 89.5 Å². The van der Waals surface area contributed by atoms with E-state index in [2.05, 4.69) is 4.98 Å². The monoisotopic (exact) mass is 224 g/mol. The Bertz CT molecular complexity index is 492. The van der Waals surface area contributed by atoms with Gasteiger partial charge in [-0.1, -0.05) is 0 Å². The van der Waals surface area contributed by atoms with Crippen molar-refractivity contribution in [2.45, 2.75) is 0 Å². The number of rotatable bonds is 2. The number of benzene rings is 1. The van der Waals surface area contributed by atoms with Crippen LogP contribution in [-0.2, 0) is 0 Å². The molecule has 0 N–H and O–H groups in total. The fraction of sp³-hybridized carbons (Fsp3) is 0. The first-order valence-corrected chi connectivity index (χ1v) is 4.41. The van der Waals surface area contributed by atoms with Gasteiger partial charge in [0.1, 0.15) is 0 Å². The first-order valence-electron chi connectivity index (χ1n) is 4.03. The van der Waals surface area contributed by atoms with Crippen molar-refractivity contribution in [1.29, 1.82) is 0 Å². The summed E-state index contributed by atoms with van der Waals surface area (Å²) in [4.78, 5) is 13.7. The van der Waals surface area contributed by atoms with E-state index in [1.807, 2.05) is 0 Å². The number of hydrogen-bond acceptors (Lipinski definition) is 4. The van der Waals surface area contributed by atoms with Crippen molar-refractivity contribution in [1.82, 2.24) is 4.98 Å². The molecule has 0 amide bonds. The Morgan fingerprint density at radius 2 is 2.00 bits per heavy atom. The molecule has 6 heteroatoms. The van der Waals surface area contributed by atoms with Gasteiger partial charge in [-0.25, -0.2) is 4.98 Å². The summed E-state index contributed by atoms with van der Waals surface area (Å²) in [6.45, 7) is 0. The average molecular weight is 225 g/mol. The topological polar surface area (TPSA) is 69.2 Å². The standard InChI is InChI=1S/C9H5ClN2O3/c10-9-11-5-8(15-9)6-1-3-7(4-2-6)12(13)14/h1-5H. The van der Waals surface area contributed by atoms with E-state index in [-0.39, 0.29) is 11.0 Å².